The van der Waals surface area contributed by atoms with Crippen LogP contribution in [0, 0.1) is 27.7 Å². The van der Waals surface area contributed by atoms with Crippen LogP contribution >= 0.6 is 0 Å². The molecule has 138 valence electrons. The number of carbonyl (C=O) groups excluding carboxylic acids is 2. The average molecular weight is 356 g/mol. The first-order valence-electron chi connectivity index (χ1n) is 8.29. The van der Waals surface area contributed by atoms with Crippen molar-refractivity contribution in [3.8, 4) is 11.5 Å². The summed E-state index contributed by atoms with van der Waals surface area (Å²) in [6.07, 6.45) is 0. The van der Waals surface area contributed by atoms with Crippen molar-refractivity contribution in [2.75, 3.05) is 20.8 Å². The highest BCUT2D eigenvalue weighted by atomic mass is 16.5. The molecule has 0 atom stereocenters. The fraction of sp³-hybridized carbons (Fsp3) is 0.333. The lowest BCUT2D eigenvalue weighted by molar-refractivity contribution is 0.0474. The predicted octanol–water partition coefficient (Wildman–Crippen LogP) is 3.98. The monoisotopic (exact) mass is 356 g/mol. The molecule has 0 aliphatic carbocycles. The number of ketones is 1. The highest BCUT2D eigenvalue weighted by molar-refractivity contribution is 6.02. The maximum absolute atomic E-state index is 12.6. The molecule has 0 radical (unpaired) electrons. The third-order valence-electron chi connectivity index (χ3n) is 4.60. The largest absolute Gasteiger partial charge is 0.493 e. The van der Waals surface area contributed by atoms with Crippen LogP contribution in [0.1, 0.15) is 43.0 Å². The van der Waals surface area contributed by atoms with Crippen LogP contribution in [0.4, 0.5) is 0 Å². The summed E-state index contributed by atoms with van der Waals surface area (Å²) in [7, 11) is 3.01. The van der Waals surface area contributed by atoms with Gasteiger partial charge in [-0.1, -0.05) is 6.07 Å². The molecule has 0 heterocycles. The van der Waals surface area contributed by atoms with Gasteiger partial charge in [0.15, 0.2) is 18.1 Å². The maximum atomic E-state index is 12.6. The van der Waals surface area contributed by atoms with Gasteiger partial charge in [0.25, 0.3) is 0 Å². The van der Waals surface area contributed by atoms with E-state index < -0.39 is 5.97 Å². The first kappa shape index (κ1) is 19.5. The fourth-order valence-electron chi connectivity index (χ4n) is 2.88. The Morgan fingerprint density at radius 2 is 1.42 bits per heavy atom. The summed E-state index contributed by atoms with van der Waals surface area (Å²) < 4.78 is 15.5. The van der Waals surface area contributed by atoms with Crippen LogP contribution in [0.5, 0.6) is 11.5 Å². The minimum absolute atomic E-state index is 0.208. The van der Waals surface area contributed by atoms with E-state index in [0.717, 1.165) is 22.3 Å². The number of hydrogen-bond acceptors (Lipinski definition) is 5. The van der Waals surface area contributed by atoms with Crippen molar-refractivity contribution in [1.29, 1.82) is 0 Å². The van der Waals surface area contributed by atoms with Gasteiger partial charge in [0.05, 0.1) is 19.8 Å². The van der Waals surface area contributed by atoms with Crippen LogP contribution in [0.3, 0.4) is 0 Å². The van der Waals surface area contributed by atoms with Gasteiger partial charge in [-0.05, 0) is 68.1 Å². The molecule has 26 heavy (non-hydrogen) atoms. The molecule has 0 bridgehead atoms. The van der Waals surface area contributed by atoms with Gasteiger partial charge >= 0.3 is 5.97 Å². The molecular weight excluding hydrogens is 332 g/mol. The average Bonchev–Trinajstić information content (AvgIpc) is 2.64. The van der Waals surface area contributed by atoms with Gasteiger partial charge in [0.2, 0.25) is 5.78 Å². The number of benzene rings is 2. The summed E-state index contributed by atoms with van der Waals surface area (Å²) in [5.41, 5.74) is 4.85. The van der Waals surface area contributed by atoms with E-state index in [9.17, 15) is 9.59 Å². The van der Waals surface area contributed by atoms with Gasteiger partial charge in [0, 0.05) is 5.56 Å². The van der Waals surface area contributed by atoms with Crippen LogP contribution in [-0.4, -0.2) is 32.6 Å². The van der Waals surface area contributed by atoms with E-state index in [4.69, 9.17) is 14.2 Å². The van der Waals surface area contributed by atoms with Crippen molar-refractivity contribution in [3.05, 3.63) is 57.6 Å². The second kappa shape index (κ2) is 8.04. The van der Waals surface area contributed by atoms with Gasteiger partial charge in [0.1, 0.15) is 0 Å². The maximum Gasteiger partial charge on any atom is 0.338 e. The van der Waals surface area contributed by atoms with Crippen molar-refractivity contribution >= 4 is 11.8 Å². The van der Waals surface area contributed by atoms with Crippen LogP contribution in [0.15, 0.2) is 24.3 Å². The molecule has 0 N–H and O–H groups in total. The van der Waals surface area contributed by atoms with Gasteiger partial charge in [-0.3, -0.25) is 4.79 Å². The normalized spacial score (nSPS) is 10.4. The number of esters is 1. The van der Waals surface area contributed by atoms with Crippen LogP contribution < -0.4 is 9.47 Å². The second-order valence-electron chi connectivity index (χ2n) is 6.20. The van der Waals surface area contributed by atoms with Gasteiger partial charge < -0.3 is 14.2 Å². The molecule has 0 unspecified atom stereocenters. The molecule has 0 saturated heterocycles. The van der Waals surface area contributed by atoms with Gasteiger partial charge in [-0.25, -0.2) is 4.79 Å². The number of methoxy groups -OCH3 is 2. The number of rotatable bonds is 6. The van der Waals surface area contributed by atoms with Crippen LogP contribution in [0.2, 0.25) is 0 Å². The Bertz CT molecular complexity index is 826. The van der Waals surface area contributed by atoms with Crippen molar-refractivity contribution in [3.63, 3.8) is 0 Å². The topological polar surface area (TPSA) is 61.8 Å². The molecule has 5 heteroatoms. The van der Waals surface area contributed by atoms with Crippen LogP contribution in [0.25, 0.3) is 0 Å². The molecule has 5 nitrogen and oxygen atoms in total. The Labute approximate surface area is 153 Å². The fourth-order valence-corrected chi connectivity index (χ4v) is 2.88. The summed E-state index contributed by atoms with van der Waals surface area (Å²) in [6.45, 7) is 7.44. The van der Waals surface area contributed by atoms with Gasteiger partial charge in [-0.15, -0.1) is 0 Å². The van der Waals surface area contributed by atoms with Crippen molar-refractivity contribution in [2.24, 2.45) is 0 Å². The molecule has 0 fully saturated rings. The smallest absolute Gasteiger partial charge is 0.338 e. The summed E-state index contributed by atoms with van der Waals surface area (Å²) in [4.78, 5) is 24.9. The first-order valence-corrected chi connectivity index (χ1v) is 8.29. The zero-order valence-corrected chi connectivity index (χ0v) is 16.1. The van der Waals surface area contributed by atoms with Crippen molar-refractivity contribution < 1.29 is 23.8 Å². The molecule has 0 aliphatic rings. The summed E-state index contributed by atoms with van der Waals surface area (Å²) in [6, 6.07) is 6.77. The minimum Gasteiger partial charge on any atom is -0.493 e. The third kappa shape index (κ3) is 3.87. The lowest BCUT2D eigenvalue weighted by Gasteiger charge is -2.14. The molecule has 0 aliphatic heterocycles. The molecule has 0 spiro atoms. The van der Waals surface area contributed by atoms with E-state index in [0.29, 0.717) is 22.6 Å². The Morgan fingerprint density at radius 1 is 0.846 bits per heavy atom. The second-order valence-corrected chi connectivity index (χ2v) is 6.20. The zero-order chi connectivity index (χ0) is 19.4. The number of carbonyl (C=O) groups is 2. The van der Waals surface area contributed by atoms with E-state index in [1.807, 2.05) is 27.7 Å². The lowest BCUT2D eigenvalue weighted by atomic mass is 9.92. The van der Waals surface area contributed by atoms with E-state index in [1.54, 1.807) is 12.1 Å². The molecule has 0 amide bonds. The summed E-state index contributed by atoms with van der Waals surface area (Å²) in [5, 5.41) is 0. The van der Waals surface area contributed by atoms with E-state index in [1.165, 1.54) is 20.3 Å². The number of Topliss-reactive ketones (excluding diaryl/α,β-unsaturated/α-hetero) is 1. The summed E-state index contributed by atoms with van der Waals surface area (Å²) >= 11 is 0. The first-order chi connectivity index (χ1) is 12.3. The molecular formula is C21H24O5. The lowest BCUT2D eigenvalue weighted by Crippen LogP contribution is -2.17. The Balaban J connectivity index is 2.17. The molecule has 0 saturated carbocycles. The van der Waals surface area contributed by atoms with Crippen LogP contribution in [-0.2, 0) is 4.74 Å². The molecule has 2 aromatic rings. The highest BCUT2D eigenvalue weighted by Crippen LogP contribution is 2.28. The molecule has 2 rings (SSSR count). The van der Waals surface area contributed by atoms with Gasteiger partial charge in [-0.2, -0.15) is 0 Å². The standard InChI is InChI=1S/C21H24O5/c1-12-9-13(2)15(4)20(14(12)3)17(22)11-26-21(23)16-7-8-18(24-5)19(10-16)25-6/h7-10H,11H2,1-6H3. The molecule has 2 aromatic carbocycles. The van der Waals surface area contributed by atoms with Crippen molar-refractivity contribution in [2.45, 2.75) is 27.7 Å². The molecule has 0 aromatic heterocycles. The van der Waals surface area contributed by atoms with E-state index >= 15 is 0 Å². The Hall–Kier alpha value is -2.82. The zero-order valence-electron chi connectivity index (χ0n) is 16.1. The Morgan fingerprint density at radius 3 is 1.96 bits per heavy atom. The van der Waals surface area contributed by atoms with E-state index in [2.05, 4.69) is 6.07 Å². The van der Waals surface area contributed by atoms with Crippen molar-refractivity contribution in [1.82, 2.24) is 0 Å². The quantitative estimate of drug-likeness (QED) is 0.579. The predicted molar refractivity (Wildman–Crippen MR) is 99.5 cm³/mol. The Kier molecular flexibility index (Phi) is 6.03. The minimum atomic E-state index is -0.584. The SMILES string of the molecule is COc1ccc(C(=O)OCC(=O)c2c(C)c(C)cc(C)c2C)cc1OC. The number of aryl methyl sites for hydroxylation is 2. The number of ether oxygens (including phenoxy) is 3. The number of hydrogen-bond donors (Lipinski definition) is 0. The van der Waals surface area contributed by atoms with E-state index in [-0.39, 0.29) is 12.4 Å². The highest BCUT2D eigenvalue weighted by Gasteiger charge is 2.19. The third-order valence-corrected chi connectivity index (χ3v) is 4.60. The summed E-state index contributed by atoms with van der Waals surface area (Å²) in [5.74, 6) is 0.149.